The molecule has 2 unspecified atom stereocenters. The van der Waals surface area contributed by atoms with Crippen molar-refractivity contribution in [1.29, 1.82) is 0 Å². The Kier molecular flexibility index (Phi) is 48.3. The third-order valence-corrected chi connectivity index (χ3v) is 12.2. The van der Waals surface area contributed by atoms with Crippen molar-refractivity contribution in [3.8, 4) is 0 Å². The van der Waals surface area contributed by atoms with Crippen LogP contribution in [0.2, 0.25) is 0 Å². The second-order valence-electron chi connectivity index (χ2n) is 17.9. The molecule has 0 radical (unpaired) electrons. The largest absolute Gasteiger partial charge is 0.394 e. The molecule has 0 aliphatic rings. The van der Waals surface area contributed by atoms with E-state index >= 15 is 0 Å². The van der Waals surface area contributed by atoms with Gasteiger partial charge in [0.05, 0.1) is 18.8 Å². The second kappa shape index (κ2) is 49.2. The Hall–Kier alpha value is -1.13. The summed E-state index contributed by atoms with van der Waals surface area (Å²) >= 11 is 0. The molecule has 0 aliphatic heterocycles. The van der Waals surface area contributed by atoms with Crippen LogP contribution in [-0.4, -0.2) is 34.9 Å². The van der Waals surface area contributed by atoms with Gasteiger partial charge in [0.2, 0.25) is 5.91 Å². The molecule has 0 saturated carbocycles. The van der Waals surface area contributed by atoms with Gasteiger partial charge >= 0.3 is 0 Å². The summed E-state index contributed by atoms with van der Waals surface area (Å²) in [5, 5.41) is 22.9. The van der Waals surface area contributed by atoms with E-state index in [9.17, 15) is 15.0 Å². The zero-order valence-electron chi connectivity index (χ0n) is 38.9. The van der Waals surface area contributed by atoms with E-state index in [0.29, 0.717) is 6.42 Å². The molecule has 4 heteroatoms. The number of aliphatic hydroxyl groups excluding tert-OH is 2. The predicted octanol–water partition coefficient (Wildman–Crippen LogP) is 16.8. The number of hydrogen-bond donors (Lipinski definition) is 3. The molecule has 0 spiro atoms. The summed E-state index contributed by atoms with van der Waals surface area (Å²) < 4.78 is 0. The zero-order valence-corrected chi connectivity index (χ0v) is 38.9. The molecule has 338 valence electrons. The van der Waals surface area contributed by atoms with Crippen LogP contribution in [0, 0.1) is 0 Å². The minimum Gasteiger partial charge on any atom is -0.394 e. The summed E-state index contributed by atoms with van der Waals surface area (Å²) in [5.74, 6) is -0.0618. The minimum absolute atomic E-state index is 0.0618. The number of aliphatic hydroxyl groups is 2. The lowest BCUT2D eigenvalue weighted by Gasteiger charge is -2.20. The molecule has 0 fully saturated rings. The summed E-state index contributed by atoms with van der Waals surface area (Å²) in [7, 11) is 0. The maximum Gasteiger partial charge on any atom is 0.220 e. The smallest absolute Gasteiger partial charge is 0.220 e. The van der Waals surface area contributed by atoms with Crippen molar-refractivity contribution in [2.45, 2.75) is 302 Å². The highest BCUT2D eigenvalue weighted by Gasteiger charge is 2.18. The fourth-order valence-electron chi connectivity index (χ4n) is 8.18. The summed E-state index contributed by atoms with van der Waals surface area (Å²) in [6.45, 7) is 4.31. The lowest BCUT2D eigenvalue weighted by atomic mass is 10.0. The molecule has 1 amide bonds. The molecule has 0 aromatic rings. The molecule has 0 saturated heterocycles. The Labute approximate surface area is 358 Å². The molecular formula is C53H103NO3. The van der Waals surface area contributed by atoms with Crippen molar-refractivity contribution >= 4 is 5.91 Å². The summed E-state index contributed by atoms with van der Waals surface area (Å²) in [4.78, 5) is 12.4. The summed E-state index contributed by atoms with van der Waals surface area (Å²) in [6, 6.07) is -0.617. The van der Waals surface area contributed by atoms with E-state index in [1.165, 1.54) is 244 Å². The van der Waals surface area contributed by atoms with Crippen molar-refractivity contribution in [2.75, 3.05) is 6.61 Å². The molecule has 3 N–H and O–H groups in total. The van der Waals surface area contributed by atoms with Crippen LogP contribution < -0.4 is 5.32 Å². The van der Waals surface area contributed by atoms with Crippen LogP contribution in [0.5, 0.6) is 0 Å². The van der Waals surface area contributed by atoms with E-state index in [1.54, 1.807) is 6.08 Å². The molecule has 0 bridgehead atoms. The highest BCUT2D eigenvalue weighted by molar-refractivity contribution is 5.76. The monoisotopic (exact) mass is 802 g/mol. The van der Waals surface area contributed by atoms with Crippen molar-refractivity contribution < 1.29 is 15.0 Å². The maximum atomic E-state index is 12.4. The molecule has 0 heterocycles. The molecular weight excluding hydrogens is 699 g/mol. The van der Waals surface area contributed by atoms with Crippen LogP contribution in [-0.2, 0) is 4.79 Å². The van der Waals surface area contributed by atoms with Crippen LogP contribution in [0.1, 0.15) is 290 Å². The Morgan fingerprint density at radius 2 is 0.667 bits per heavy atom. The lowest BCUT2D eigenvalue weighted by Crippen LogP contribution is -2.45. The fourth-order valence-corrected chi connectivity index (χ4v) is 8.18. The van der Waals surface area contributed by atoms with Gasteiger partial charge in [0.25, 0.3) is 0 Å². The number of carbonyl (C=O) groups excluding carboxylic acids is 1. The van der Waals surface area contributed by atoms with E-state index in [4.69, 9.17) is 0 Å². The van der Waals surface area contributed by atoms with Gasteiger partial charge in [-0.15, -0.1) is 0 Å². The number of hydrogen-bond acceptors (Lipinski definition) is 3. The number of carbonyl (C=O) groups is 1. The van der Waals surface area contributed by atoms with Crippen molar-refractivity contribution in [3.05, 3.63) is 24.3 Å². The molecule has 2 atom stereocenters. The first-order valence-electron chi connectivity index (χ1n) is 26.1. The Morgan fingerprint density at radius 1 is 0.404 bits per heavy atom. The number of nitrogens with one attached hydrogen (secondary N) is 1. The van der Waals surface area contributed by atoms with Crippen molar-refractivity contribution in [2.24, 2.45) is 0 Å². The molecule has 0 rings (SSSR count). The van der Waals surface area contributed by atoms with Crippen molar-refractivity contribution in [3.63, 3.8) is 0 Å². The summed E-state index contributed by atoms with van der Waals surface area (Å²) in [6.07, 6.45) is 64.9. The van der Waals surface area contributed by atoms with Crippen molar-refractivity contribution in [1.82, 2.24) is 5.32 Å². The van der Waals surface area contributed by atoms with Gasteiger partial charge in [-0.25, -0.2) is 0 Å². The van der Waals surface area contributed by atoms with Gasteiger partial charge in [0.1, 0.15) is 0 Å². The fraction of sp³-hybridized carbons (Fsp3) is 0.906. The molecule has 0 aliphatic carbocycles. The van der Waals surface area contributed by atoms with Crippen LogP contribution in [0.3, 0.4) is 0 Å². The quantitative estimate of drug-likeness (QED) is 0.0424. The van der Waals surface area contributed by atoms with Crippen LogP contribution >= 0.6 is 0 Å². The van der Waals surface area contributed by atoms with Crippen LogP contribution in [0.25, 0.3) is 0 Å². The number of rotatable bonds is 48. The number of amides is 1. The normalized spacial score (nSPS) is 13.0. The molecule has 0 aromatic heterocycles. The maximum absolute atomic E-state index is 12.4. The van der Waals surface area contributed by atoms with Gasteiger partial charge in [-0.2, -0.15) is 0 Å². The average molecular weight is 802 g/mol. The second-order valence-corrected chi connectivity index (χ2v) is 17.9. The predicted molar refractivity (Wildman–Crippen MR) is 253 cm³/mol. The highest BCUT2D eigenvalue weighted by atomic mass is 16.3. The molecule has 57 heavy (non-hydrogen) atoms. The first-order valence-corrected chi connectivity index (χ1v) is 26.1. The minimum atomic E-state index is -0.834. The van der Waals surface area contributed by atoms with E-state index in [2.05, 4.69) is 31.3 Å². The lowest BCUT2D eigenvalue weighted by molar-refractivity contribution is -0.123. The van der Waals surface area contributed by atoms with Crippen LogP contribution in [0.15, 0.2) is 24.3 Å². The SMILES string of the molecule is CCCCCCCCCC/C=C/C(O)C(CO)NC(=O)CCCCCCCCCCCCCCCCCCC/C=C\CCCCCCCCCCCCCCCC. The Balaban J connectivity index is 3.37. The Bertz CT molecular complexity index is 825. The topological polar surface area (TPSA) is 69.6 Å². The van der Waals surface area contributed by atoms with Gasteiger partial charge in [-0.3, -0.25) is 4.79 Å². The third-order valence-electron chi connectivity index (χ3n) is 12.2. The van der Waals surface area contributed by atoms with E-state index in [0.717, 1.165) is 25.7 Å². The van der Waals surface area contributed by atoms with Gasteiger partial charge < -0.3 is 15.5 Å². The van der Waals surface area contributed by atoms with Gasteiger partial charge in [-0.05, 0) is 44.9 Å². The standard InChI is InChI=1S/C53H103NO3/c1-3-5-7-9-11-13-15-16-17-18-19-20-21-22-23-24-25-26-27-28-29-30-31-32-33-34-35-36-37-38-39-41-43-45-47-49-53(57)54-51(50-55)52(56)48-46-44-42-40-14-12-10-8-6-4-2/h24-25,46,48,51-52,55-56H,3-23,26-45,47,49-50H2,1-2H3,(H,54,57)/b25-24-,48-46+. The molecule has 0 aromatic carbocycles. The Morgan fingerprint density at radius 3 is 0.965 bits per heavy atom. The summed E-state index contributed by atoms with van der Waals surface area (Å²) in [5.41, 5.74) is 0. The average Bonchev–Trinajstić information content (AvgIpc) is 3.22. The third kappa shape index (κ3) is 45.8. The number of unbranched alkanes of at least 4 members (excludes halogenated alkanes) is 39. The van der Waals surface area contributed by atoms with E-state index in [1.807, 2.05) is 6.08 Å². The molecule has 4 nitrogen and oxygen atoms in total. The van der Waals surface area contributed by atoms with E-state index in [-0.39, 0.29) is 12.5 Å². The zero-order chi connectivity index (χ0) is 41.4. The van der Waals surface area contributed by atoms with Gasteiger partial charge in [0, 0.05) is 6.42 Å². The van der Waals surface area contributed by atoms with Crippen LogP contribution in [0.4, 0.5) is 0 Å². The number of allylic oxidation sites excluding steroid dienone is 3. The van der Waals surface area contributed by atoms with Gasteiger partial charge in [-0.1, -0.05) is 263 Å². The first-order chi connectivity index (χ1) is 28.2. The van der Waals surface area contributed by atoms with Gasteiger partial charge in [0.15, 0.2) is 0 Å². The highest BCUT2D eigenvalue weighted by Crippen LogP contribution is 2.17. The van der Waals surface area contributed by atoms with E-state index < -0.39 is 12.1 Å². The first kappa shape index (κ1) is 55.9.